The first-order valence-corrected chi connectivity index (χ1v) is 20.4. The second-order valence-corrected chi connectivity index (χ2v) is 20.1. The summed E-state index contributed by atoms with van der Waals surface area (Å²) in [5.41, 5.74) is -0.761. The Hall–Kier alpha value is -1.72. The van der Waals surface area contributed by atoms with Gasteiger partial charge in [0.15, 0.2) is 18.7 Å². The Bertz CT molecular complexity index is 1540. The van der Waals surface area contributed by atoms with Crippen molar-refractivity contribution in [1.29, 1.82) is 0 Å². The molecule has 55 heavy (non-hydrogen) atoms. The van der Waals surface area contributed by atoms with Crippen LogP contribution in [0, 0.1) is 50.2 Å². The zero-order chi connectivity index (χ0) is 40.3. The first-order valence-electron chi connectivity index (χ1n) is 20.4. The van der Waals surface area contributed by atoms with Crippen molar-refractivity contribution in [2.75, 3.05) is 13.2 Å². The molecule has 0 aromatic carbocycles. The lowest BCUT2D eigenvalue weighted by molar-refractivity contribution is -0.367. The number of hydrogen-bond acceptors (Lipinski definition) is 12. The van der Waals surface area contributed by atoms with Crippen molar-refractivity contribution in [2.45, 2.75) is 167 Å². The van der Waals surface area contributed by atoms with E-state index in [0.29, 0.717) is 25.7 Å². The maximum Gasteiger partial charge on any atom is 0.335 e. The molecule has 2 saturated heterocycles. The third-order valence-corrected chi connectivity index (χ3v) is 17.0. The van der Waals surface area contributed by atoms with E-state index >= 15 is 0 Å². The standard InChI is InChI=1S/C41H64O14/c1-36(2)13-15-41(35(50)51)16-14-39(5)20(21(41)17-36)7-8-24-37(3)11-10-25(38(4,19-42)23(37)9-12-40(24,39)6)53-34-31(28(46)27(45)30(54-34)32(48)49)55-33-29(47)26(44)22(43)18-52-33/h7,21-31,33-34,42-47H,8-19H2,1-6H3,(H,48,49)(H,50,51)/t21-,22-,23+,24+,25-,26-,27-,28-,29+,30-,31+,33-,34+,37-,38-,39+,40+,41-/m0/s1. The molecule has 2 aliphatic heterocycles. The summed E-state index contributed by atoms with van der Waals surface area (Å²) >= 11 is 0. The van der Waals surface area contributed by atoms with Gasteiger partial charge in [-0.2, -0.15) is 0 Å². The minimum absolute atomic E-state index is 0.00902. The van der Waals surface area contributed by atoms with Gasteiger partial charge in [-0.15, -0.1) is 0 Å². The van der Waals surface area contributed by atoms with Crippen LogP contribution in [0.25, 0.3) is 0 Å². The Kier molecular flexibility index (Phi) is 10.5. The van der Waals surface area contributed by atoms with Gasteiger partial charge < -0.3 is 59.8 Å². The predicted octanol–water partition coefficient (Wildman–Crippen LogP) is 2.59. The molecular weight excluding hydrogens is 716 g/mol. The van der Waals surface area contributed by atoms with Gasteiger partial charge >= 0.3 is 11.9 Å². The monoisotopic (exact) mass is 780 g/mol. The van der Waals surface area contributed by atoms with Crippen LogP contribution in [-0.4, -0.2) is 127 Å². The molecule has 0 unspecified atom stereocenters. The highest BCUT2D eigenvalue weighted by molar-refractivity contribution is 5.76. The molecular formula is C41H64O14. The molecule has 0 bridgehead atoms. The Morgan fingerprint density at radius 2 is 1.49 bits per heavy atom. The molecule has 8 N–H and O–H groups in total. The zero-order valence-electron chi connectivity index (χ0n) is 33.1. The number of carbonyl (C=O) groups is 2. The molecule has 5 aliphatic carbocycles. The van der Waals surface area contributed by atoms with Crippen molar-refractivity contribution in [3.8, 4) is 0 Å². The molecule has 2 heterocycles. The molecule has 0 aromatic heterocycles. The van der Waals surface area contributed by atoms with Crippen LogP contribution in [0.2, 0.25) is 0 Å². The number of aliphatic hydroxyl groups excluding tert-OH is 6. The summed E-state index contributed by atoms with van der Waals surface area (Å²) in [6.45, 7) is 13.0. The number of fused-ring (bicyclic) bond motifs is 7. The van der Waals surface area contributed by atoms with Gasteiger partial charge in [-0.1, -0.05) is 53.2 Å². The lowest BCUT2D eigenvalue weighted by atomic mass is 9.33. The van der Waals surface area contributed by atoms with Crippen molar-refractivity contribution in [1.82, 2.24) is 0 Å². The maximum atomic E-state index is 13.1. The average molecular weight is 781 g/mol. The smallest absolute Gasteiger partial charge is 0.335 e. The highest BCUT2D eigenvalue weighted by Gasteiger charge is 2.70. The van der Waals surface area contributed by atoms with E-state index in [0.717, 1.165) is 38.5 Å². The van der Waals surface area contributed by atoms with Gasteiger partial charge in [0.25, 0.3) is 0 Å². The van der Waals surface area contributed by atoms with Crippen molar-refractivity contribution >= 4 is 11.9 Å². The summed E-state index contributed by atoms with van der Waals surface area (Å²) < 4.78 is 23.7. The molecule has 312 valence electrons. The Balaban J connectivity index is 1.18. The van der Waals surface area contributed by atoms with Gasteiger partial charge in [-0.05, 0) is 104 Å². The number of rotatable bonds is 7. The Morgan fingerprint density at radius 1 is 0.800 bits per heavy atom. The minimum Gasteiger partial charge on any atom is -0.481 e. The number of carboxylic acid groups (broad SMARTS) is 2. The summed E-state index contributed by atoms with van der Waals surface area (Å²) in [5, 5.41) is 84.6. The van der Waals surface area contributed by atoms with Crippen molar-refractivity contribution in [2.24, 2.45) is 50.2 Å². The summed E-state index contributed by atoms with van der Waals surface area (Å²) in [6, 6.07) is 0. The Morgan fingerprint density at radius 3 is 2.15 bits per heavy atom. The minimum atomic E-state index is -1.93. The number of allylic oxidation sites excluding steroid dienone is 2. The van der Waals surface area contributed by atoms with Gasteiger partial charge in [0, 0.05) is 5.41 Å². The second-order valence-electron chi connectivity index (χ2n) is 20.1. The van der Waals surface area contributed by atoms with E-state index in [1.165, 1.54) is 5.57 Å². The van der Waals surface area contributed by atoms with Crippen LogP contribution in [-0.2, 0) is 28.5 Å². The topological polar surface area (TPSA) is 233 Å². The van der Waals surface area contributed by atoms with E-state index in [1.807, 2.05) is 6.92 Å². The van der Waals surface area contributed by atoms with Crippen molar-refractivity contribution < 1.29 is 69.4 Å². The molecule has 0 radical (unpaired) electrons. The predicted molar refractivity (Wildman–Crippen MR) is 194 cm³/mol. The number of aliphatic carboxylic acids is 2. The fourth-order valence-electron chi connectivity index (χ4n) is 13.4. The SMILES string of the molecule is CC1(C)CC[C@]2(C(=O)O)CC[C@]3(C)C(=CC[C@@H]4[C@@]5(C)CC[C@H](O[C@@H]6O[C@H](C(=O)O)[C@@H](O)[C@H](O)[C@H]6O[C@@H]6OC[C@H](O)[C@H](O)[C@H]6O)[C@@](C)(CO)[C@@H]5CC[C@]43C)[C@@H]2C1. The fraction of sp³-hybridized carbons (Fsp3) is 0.902. The lowest BCUT2D eigenvalue weighted by Crippen LogP contribution is -2.67. The van der Waals surface area contributed by atoms with Gasteiger partial charge in [0.05, 0.1) is 24.7 Å². The number of carboxylic acids is 2. The van der Waals surface area contributed by atoms with Crippen LogP contribution >= 0.6 is 0 Å². The summed E-state index contributed by atoms with van der Waals surface area (Å²) in [6.07, 6.45) is -5.87. The molecule has 0 spiro atoms. The molecule has 0 amide bonds. The summed E-state index contributed by atoms with van der Waals surface area (Å²) in [4.78, 5) is 25.2. The van der Waals surface area contributed by atoms with Crippen LogP contribution in [0.5, 0.6) is 0 Å². The highest BCUT2D eigenvalue weighted by Crippen LogP contribution is 2.76. The van der Waals surface area contributed by atoms with Crippen LogP contribution < -0.4 is 0 Å². The zero-order valence-corrected chi connectivity index (χ0v) is 33.1. The molecule has 7 aliphatic rings. The van der Waals surface area contributed by atoms with E-state index < -0.39 is 90.8 Å². The first-order chi connectivity index (χ1) is 25.6. The average Bonchev–Trinajstić information content (AvgIpc) is 3.12. The van der Waals surface area contributed by atoms with E-state index in [4.69, 9.17) is 18.9 Å². The van der Waals surface area contributed by atoms with Crippen LogP contribution in [0.3, 0.4) is 0 Å². The normalized spacial score (nSPS) is 53.5. The van der Waals surface area contributed by atoms with E-state index in [2.05, 4.69) is 40.7 Å². The highest BCUT2D eigenvalue weighted by atomic mass is 16.8. The van der Waals surface area contributed by atoms with Crippen LogP contribution in [0.4, 0.5) is 0 Å². The van der Waals surface area contributed by atoms with Crippen molar-refractivity contribution in [3.05, 3.63) is 11.6 Å². The molecule has 0 aromatic rings. The van der Waals surface area contributed by atoms with E-state index in [9.17, 15) is 50.4 Å². The van der Waals surface area contributed by atoms with Crippen LogP contribution in [0.15, 0.2) is 11.6 Å². The second kappa shape index (κ2) is 13.9. The molecule has 4 saturated carbocycles. The number of aliphatic hydroxyl groups is 6. The summed E-state index contributed by atoms with van der Waals surface area (Å²) in [7, 11) is 0. The molecule has 14 heteroatoms. The summed E-state index contributed by atoms with van der Waals surface area (Å²) in [5.74, 6) is -2.01. The van der Waals surface area contributed by atoms with Gasteiger partial charge in [0.2, 0.25) is 0 Å². The van der Waals surface area contributed by atoms with Crippen molar-refractivity contribution in [3.63, 3.8) is 0 Å². The quantitative estimate of drug-likeness (QED) is 0.137. The van der Waals surface area contributed by atoms with Crippen LogP contribution in [0.1, 0.15) is 106 Å². The maximum absolute atomic E-state index is 13.1. The van der Waals surface area contributed by atoms with E-state index in [-0.39, 0.29) is 46.0 Å². The molecule has 6 fully saturated rings. The first kappa shape index (κ1) is 41.4. The fourth-order valence-corrected chi connectivity index (χ4v) is 13.4. The lowest BCUT2D eigenvalue weighted by Gasteiger charge is -2.71. The molecule has 14 nitrogen and oxygen atoms in total. The third kappa shape index (κ3) is 6.09. The van der Waals surface area contributed by atoms with Gasteiger partial charge in [0.1, 0.15) is 36.6 Å². The van der Waals surface area contributed by atoms with E-state index in [1.54, 1.807) is 0 Å². The molecule has 7 rings (SSSR count). The number of hydrogen-bond donors (Lipinski definition) is 8. The van der Waals surface area contributed by atoms with Gasteiger partial charge in [-0.3, -0.25) is 4.79 Å². The largest absolute Gasteiger partial charge is 0.481 e. The third-order valence-electron chi connectivity index (χ3n) is 17.0. The number of ether oxygens (including phenoxy) is 4. The molecule has 18 atom stereocenters. The Labute approximate surface area is 323 Å². The van der Waals surface area contributed by atoms with Gasteiger partial charge in [-0.25, -0.2) is 4.79 Å².